The van der Waals surface area contributed by atoms with E-state index in [2.05, 4.69) is 10.0 Å². The Balaban J connectivity index is 2.60. The lowest BCUT2D eigenvalue weighted by Gasteiger charge is -2.06. The van der Waals surface area contributed by atoms with Crippen molar-refractivity contribution in [2.45, 2.75) is 4.90 Å². The molecule has 18 heavy (non-hydrogen) atoms. The van der Waals surface area contributed by atoms with Crippen molar-refractivity contribution in [1.82, 2.24) is 10.0 Å². The molecule has 0 radical (unpaired) electrons. The van der Waals surface area contributed by atoms with Gasteiger partial charge in [0.2, 0.25) is 15.9 Å². The lowest BCUT2D eigenvalue weighted by Crippen LogP contribution is -2.37. The molecule has 1 aromatic rings. The quantitative estimate of drug-likeness (QED) is 0.634. The summed E-state index contributed by atoms with van der Waals surface area (Å²) in [5, 5.41) is 10.7. The van der Waals surface area contributed by atoms with E-state index < -0.39 is 28.3 Å². The fourth-order valence-corrected chi connectivity index (χ4v) is 2.10. The summed E-state index contributed by atoms with van der Waals surface area (Å²) in [5.74, 6) is -1.11. The van der Waals surface area contributed by atoms with Crippen LogP contribution in [0.2, 0.25) is 0 Å². The number of halogens is 1. The van der Waals surface area contributed by atoms with E-state index in [0.29, 0.717) is 0 Å². The zero-order valence-electron chi connectivity index (χ0n) is 9.39. The van der Waals surface area contributed by atoms with E-state index in [1.54, 1.807) is 0 Å². The van der Waals surface area contributed by atoms with Crippen LogP contribution in [0.4, 0.5) is 4.39 Å². The van der Waals surface area contributed by atoms with Gasteiger partial charge in [0.05, 0.1) is 18.0 Å². The normalized spacial score (nSPS) is 11.2. The van der Waals surface area contributed by atoms with Gasteiger partial charge in [0.15, 0.2) is 0 Å². The van der Waals surface area contributed by atoms with Crippen LogP contribution in [0.1, 0.15) is 0 Å². The van der Waals surface area contributed by atoms with Crippen molar-refractivity contribution in [2.75, 3.05) is 19.7 Å². The van der Waals surface area contributed by atoms with Gasteiger partial charge in [-0.3, -0.25) is 4.79 Å². The predicted octanol–water partition coefficient (Wildman–Crippen LogP) is -0.788. The van der Waals surface area contributed by atoms with Gasteiger partial charge in [-0.15, -0.1) is 0 Å². The second-order valence-electron chi connectivity index (χ2n) is 3.35. The first-order valence-corrected chi connectivity index (χ1v) is 6.57. The van der Waals surface area contributed by atoms with E-state index in [-0.39, 0.29) is 18.0 Å². The predicted molar refractivity (Wildman–Crippen MR) is 61.7 cm³/mol. The van der Waals surface area contributed by atoms with Crippen LogP contribution in [0, 0.1) is 5.82 Å². The van der Waals surface area contributed by atoms with E-state index in [0.717, 1.165) is 24.3 Å². The van der Waals surface area contributed by atoms with Crippen molar-refractivity contribution in [3.8, 4) is 0 Å². The Kier molecular flexibility index (Phi) is 5.20. The summed E-state index contributed by atoms with van der Waals surface area (Å²) in [7, 11) is -3.84. The molecule has 0 aliphatic carbocycles. The molecule has 1 rings (SSSR count). The Morgan fingerprint density at radius 1 is 1.28 bits per heavy atom. The molecule has 0 aliphatic rings. The number of carbonyl (C=O) groups excluding carboxylic acids is 1. The Morgan fingerprint density at radius 2 is 1.89 bits per heavy atom. The molecular weight excluding hydrogens is 263 g/mol. The van der Waals surface area contributed by atoms with Crippen LogP contribution in [0.5, 0.6) is 0 Å². The van der Waals surface area contributed by atoms with E-state index in [9.17, 15) is 17.6 Å². The number of hydrogen-bond acceptors (Lipinski definition) is 4. The molecule has 0 aliphatic heterocycles. The maximum atomic E-state index is 12.6. The lowest BCUT2D eigenvalue weighted by atomic mass is 10.4. The second kappa shape index (κ2) is 6.43. The fraction of sp³-hybridized carbons (Fsp3) is 0.300. The highest BCUT2D eigenvalue weighted by Crippen LogP contribution is 2.08. The first-order valence-electron chi connectivity index (χ1n) is 5.08. The molecule has 0 aromatic heterocycles. The van der Waals surface area contributed by atoms with E-state index in [4.69, 9.17) is 5.11 Å². The standard InChI is InChI=1S/C10H13FN2O4S/c11-8-1-3-9(4-2-8)18(16,17)13-7-10(15)12-5-6-14/h1-4,13-14H,5-7H2,(H,12,15). The number of amides is 1. The van der Waals surface area contributed by atoms with E-state index in [1.165, 1.54) is 0 Å². The lowest BCUT2D eigenvalue weighted by molar-refractivity contribution is -0.120. The minimum absolute atomic E-state index is 0.0527. The molecule has 0 spiro atoms. The molecule has 0 unspecified atom stereocenters. The highest BCUT2D eigenvalue weighted by Gasteiger charge is 2.15. The van der Waals surface area contributed by atoms with Gasteiger partial charge in [0.1, 0.15) is 5.82 Å². The number of aliphatic hydroxyl groups excluding tert-OH is 1. The zero-order valence-corrected chi connectivity index (χ0v) is 10.2. The Morgan fingerprint density at radius 3 is 2.44 bits per heavy atom. The Labute approximate surface area is 104 Å². The molecule has 0 heterocycles. The fourth-order valence-electron chi connectivity index (χ4n) is 1.12. The smallest absolute Gasteiger partial charge is 0.241 e. The number of sulfonamides is 1. The topological polar surface area (TPSA) is 95.5 Å². The number of nitrogens with one attached hydrogen (secondary N) is 2. The molecule has 8 heteroatoms. The van der Waals surface area contributed by atoms with E-state index >= 15 is 0 Å². The highest BCUT2D eigenvalue weighted by molar-refractivity contribution is 7.89. The summed E-state index contributed by atoms with van der Waals surface area (Å²) in [5.41, 5.74) is 0. The van der Waals surface area contributed by atoms with Gasteiger partial charge in [0, 0.05) is 6.54 Å². The Bertz CT molecular complexity index is 501. The molecule has 0 fully saturated rings. The third-order valence-corrected chi connectivity index (χ3v) is 3.40. The summed E-state index contributed by atoms with van der Waals surface area (Å²) in [4.78, 5) is 11.0. The molecular formula is C10H13FN2O4S. The van der Waals surface area contributed by atoms with Gasteiger partial charge in [0.25, 0.3) is 0 Å². The number of benzene rings is 1. The monoisotopic (exact) mass is 276 g/mol. The minimum atomic E-state index is -3.84. The summed E-state index contributed by atoms with van der Waals surface area (Å²) < 4.78 is 38.0. The van der Waals surface area contributed by atoms with Crippen molar-refractivity contribution in [1.29, 1.82) is 0 Å². The number of hydrogen-bond donors (Lipinski definition) is 3. The number of carbonyl (C=O) groups is 1. The average molecular weight is 276 g/mol. The largest absolute Gasteiger partial charge is 0.395 e. The van der Waals surface area contributed by atoms with Crippen LogP contribution >= 0.6 is 0 Å². The molecule has 3 N–H and O–H groups in total. The summed E-state index contributed by atoms with van der Waals surface area (Å²) >= 11 is 0. The van der Waals surface area contributed by atoms with Crippen LogP contribution in [0.15, 0.2) is 29.2 Å². The zero-order chi connectivity index (χ0) is 13.6. The molecule has 0 atom stereocenters. The maximum absolute atomic E-state index is 12.6. The van der Waals surface area contributed by atoms with Gasteiger partial charge in [-0.25, -0.2) is 17.5 Å². The molecule has 0 saturated carbocycles. The van der Waals surface area contributed by atoms with Gasteiger partial charge in [-0.2, -0.15) is 0 Å². The van der Waals surface area contributed by atoms with Crippen LogP contribution < -0.4 is 10.0 Å². The molecule has 0 bridgehead atoms. The van der Waals surface area contributed by atoms with Crippen LogP contribution in [-0.2, 0) is 14.8 Å². The summed E-state index contributed by atoms with van der Waals surface area (Å²) in [6.07, 6.45) is 0. The second-order valence-corrected chi connectivity index (χ2v) is 5.12. The third-order valence-electron chi connectivity index (χ3n) is 1.98. The summed E-state index contributed by atoms with van der Waals surface area (Å²) in [6, 6.07) is 4.23. The first-order chi connectivity index (χ1) is 8.45. The van der Waals surface area contributed by atoms with Crippen LogP contribution in [0.3, 0.4) is 0 Å². The maximum Gasteiger partial charge on any atom is 0.241 e. The van der Waals surface area contributed by atoms with Crippen molar-refractivity contribution in [3.05, 3.63) is 30.1 Å². The van der Waals surface area contributed by atoms with Gasteiger partial charge < -0.3 is 10.4 Å². The summed E-state index contributed by atoms with van der Waals surface area (Å²) in [6.45, 7) is -0.618. The van der Waals surface area contributed by atoms with Crippen LogP contribution in [0.25, 0.3) is 0 Å². The van der Waals surface area contributed by atoms with E-state index in [1.807, 2.05) is 0 Å². The molecule has 100 valence electrons. The van der Waals surface area contributed by atoms with Gasteiger partial charge >= 0.3 is 0 Å². The Hall–Kier alpha value is -1.51. The highest BCUT2D eigenvalue weighted by atomic mass is 32.2. The molecule has 1 amide bonds. The average Bonchev–Trinajstić information content (AvgIpc) is 2.34. The minimum Gasteiger partial charge on any atom is -0.395 e. The molecule has 1 aromatic carbocycles. The van der Waals surface area contributed by atoms with Crippen LogP contribution in [-0.4, -0.2) is 39.1 Å². The number of aliphatic hydroxyl groups is 1. The SMILES string of the molecule is O=C(CNS(=O)(=O)c1ccc(F)cc1)NCCO. The van der Waals surface area contributed by atoms with Crippen molar-refractivity contribution in [2.24, 2.45) is 0 Å². The third kappa shape index (κ3) is 4.40. The van der Waals surface area contributed by atoms with Crippen molar-refractivity contribution < 1.29 is 22.7 Å². The molecule has 6 nitrogen and oxygen atoms in total. The van der Waals surface area contributed by atoms with Gasteiger partial charge in [-0.1, -0.05) is 0 Å². The van der Waals surface area contributed by atoms with Gasteiger partial charge in [-0.05, 0) is 24.3 Å². The van der Waals surface area contributed by atoms with Crippen molar-refractivity contribution >= 4 is 15.9 Å². The molecule has 0 saturated heterocycles. The van der Waals surface area contributed by atoms with Crippen molar-refractivity contribution in [3.63, 3.8) is 0 Å². The first kappa shape index (κ1) is 14.6. The number of rotatable bonds is 6.